The van der Waals surface area contributed by atoms with E-state index in [0.29, 0.717) is 13.1 Å². The zero-order valence-corrected chi connectivity index (χ0v) is 13.3. The lowest BCUT2D eigenvalue weighted by Crippen LogP contribution is -2.11. The van der Waals surface area contributed by atoms with E-state index in [1.807, 2.05) is 33.9 Å². The third-order valence-electron chi connectivity index (χ3n) is 3.22. The van der Waals surface area contributed by atoms with Crippen LogP contribution in [0.4, 0.5) is 0 Å². The second kappa shape index (κ2) is 8.04. The molecule has 0 saturated heterocycles. The highest BCUT2D eigenvalue weighted by molar-refractivity contribution is 5.02. The van der Waals surface area contributed by atoms with Gasteiger partial charge in [0.1, 0.15) is 11.4 Å². The van der Waals surface area contributed by atoms with Crippen LogP contribution < -0.4 is 0 Å². The molecule has 0 saturated carbocycles. The molecule has 0 aliphatic heterocycles. The van der Waals surface area contributed by atoms with Crippen LogP contribution in [0.1, 0.15) is 24.0 Å². The van der Waals surface area contributed by atoms with Gasteiger partial charge in [0.15, 0.2) is 0 Å². The molecule has 0 bridgehead atoms. The maximum Gasteiger partial charge on any atom is 0.202 e. The molecule has 8 heteroatoms. The molecule has 0 aliphatic carbocycles. The Morgan fingerprint density at radius 2 is 1.14 bits per heavy atom. The average Bonchev–Trinajstić information content (AvgIpc) is 3.18. The van der Waals surface area contributed by atoms with Gasteiger partial charge in [0.2, 0.25) is 12.6 Å². The molecule has 122 valence electrons. The summed E-state index contributed by atoms with van der Waals surface area (Å²) >= 11 is 0. The molecule has 0 aliphatic rings. The van der Waals surface area contributed by atoms with E-state index in [9.17, 15) is 0 Å². The van der Waals surface area contributed by atoms with Crippen molar-refractivity contribution < 1.29 is 18.9 Å². The van der Waals surface area contributed by atoms with Crippen LogP contribution in [0, 0.1) is 0 Å². The maximum absolute atomic E-state index is 5.17. The number of aromatic nitrogens is 4. The SMILES string of the molecule is COC(OC)c1ccn(CCn2ccc(C(OC)OC)n2)n1. The molecular formula is C14H22N4O4. The minimum Gasteiger partial charge on any atom is -0.350 e. The van der Waals surface area contributed by atoms with Gasteiger partial charge in [-0.2, -0.15) is 10.2 Å². The number of rotatable bonds is 9. The molecule has 0 unspecified atom stereocenters. The van der Waals surface area contributed by atoms with E-state index in [-0.39, 0.29) is 0 Å². The van der Waals surface area contributed by atoms with Gasteiger partial charge in [-0.1, -0.05) is 0 Å². The van der Waals surface area contributed by atoms with Gasteiger partial charge in [0, 0.05) is 40.8 Å². The van der Waals surface area contributed by atoms with Crippen LogP contribution in [0.25, 0.3) is 0 Å². The zero-order valence-electron chi connectivity index (χ0n) is 13.3. The Bertz CT molecular complexity index is 510. The lowest BCUT2D eigenvalue weighted by atomic mass is 10.4. The molecule has 0 N–H and O–H groups in total. The summed E-state index contributed by atoms with van der Waals surface area (Å²) in [5.74, 6) is 0. The molecular weight excluding hydrogens is 288 g/mol. The van der Waals surface area contributed by atoms with Crippen LogP contribution in [0.2, 0.25) is 0 Å². The summed E-state index contributed by atoms with van der Waals surface area (Å²) in [6.07, 6.45) is 2.89. The predicted octanol–water partition coefficient (Wildman–Crippen LogP) is 1.36. The molecule has 2 rings (SSSR count). The smallest absolute Gasteiger partial charge is 0.202 e. The topological polar surface area (TPSA) is 72.6 Å². The molecule has 2 heterocycles. The van der Waals surface area contributed by atoms with Gasteiger partial charge < -0.3 is 18.9 Å². The molecule has 8 nitrogen and oxygen atoms in total. The summed E-state index contributed by atoms with van der Waals surface area (Å²) in [7, 11) is 6.34. The molecule has 22 heavy (non-hydrogen) atoms. The van der Waals surface area contributed by atoms with Crippen LogP contribution in [0.15, 0.2) is 24.5 Å². The van der Waals surface area contributed by atoms with Crippen molar-refractivity contribution in [2.24, 2.45) is 0 Å². The Kier molecular flexibility index (Phi) is 6.08. The van der Waals surface area contributed by atoms with Gasteiger partial charge in [-0.25, -0.2) is 0 Å². The van der Waals surface area contributed by atoms with Crippen molar-refractivity contribution in [1.82, 2.24) is 19.6 Å². The molecule has 0 spiro atoms. The van der Waals surface area contributed by atoms with E-state index in [0.717, 1.165) is 11.4 Å². The largest absolute Gasteiger partial charge is 0.350 e. The molecule has 0 fully saturated rings. The van der Waals surface area contributed by atoms with Crippen LogP contribution in [-0.2, 0) is 32.0 Å². The first-order valence-corrected chi connectivity index (χ1v) is 6.89. The molecule has 0 amide bonds. The molecule has 0 aromatic carbocycles. The summed E-state index contributed by atoms with van der Waals surface area (Å²) in [4.78, 5) is 0. The van der Waals surface area contributed by atoms with Gasteiger partial charge in [-0.05, 0) is 12.1 Å². The van der Waals surface area contributed by atoms with Crippen LogP contribution in [-0.4, -0.2) is 48.0 Å². The van der Waals surface area contributed by atoms with Crippen LogP contribution in [0.5, 0.6) is 0 Å². The van der Waals surface area contributed by atoms with Crippen LogP contribution >= 0.6 is 0 Å². The van der Waals surface area contributed by atoms with Crippen molar-refractivity contribution in [2.75, 3.05) is 28.4 Å². The number of hydrogen-bond acceptors (Lipinski definition) is 6. The lowest BCUT2D eigenvalue weighted by molar-refractivity contribution is -0.109. The highest BCUT2D eigenvalue weighted by Crippen LogP contribution is 2.15. The van der Waals surface area contributed by atoms with E-state index < -0.39 is 12.6 Å². The summed E-state index contributed by atoms with van der Waals surface area (Å²) < 4.78 is 24.3. The molecule has 2 aromatic rings. The monoisotopic (exact) mass is 310 g/mol. The van der Waals surface area contributed by atoms with E-state index in [4.69, 9.17) is 18.9 Å². The third-order valence-corrected chi connectivity index (χ3v) is 3.22. The van der Waals surface area contributed by atoms with Crippen LogP contribution in [0.3, 0.4) is 0 Å². The number of nitrogens with zero attached hydrogens (tertiary/aromatic N) is 4. The minimum absolute atomic E-state index is 0.443. The first-order chi connectivity index (χ1) is 10.7. The van der Waals surface area contributed by atoms with Crippen molar-refractivity contribution >= 4 is 0 Å². The van der Waals surface area contributed by atoms with E-state index in [1.165, 1.54) is 0 Å². The Labute approximate surface area is 129 Å². The zero-order chi connectivity index (χ0) is 15.9. The van der Waals surface area contributed by atoms with E-state index in [1.54, 1.807) is 28.4 Å². The lowest BCUT2D eigenvalue weighted by Gasteiger charge is -2.10. The number of aryl methyl sites for hydroxylation is 2. The van der Waals surface area contributed by atoms with Crippen molar-refractivity contribution in [1.29, 1.82) is 0 Å². The first-order valence-electron chi connectivity index (χ1n) is 6.89. The predicted molar refractivity (Wildman–Crippen MR) is 78.0 cm³/mol. The summed E-state index contributed by atoms with van der Waals surface area (Å²) in [6.45, 7) is 1.37. The van der Waals surface area contributed by atoms with Crippen molar-refractivity contribution in [3.05, 3.63) is 35.9 Å². The van der Waals surface area contributed by atoms with Crippen molar-refractivity contribution in [2.45, 2.75) is 25.7 Å². The van der Waals surface area contributed by atoms with Gasteiger partial charge >= 0.3 is 0 Å². The molecule has 0 radical (unpaired) electrons. The van der Waals surface area contributed by atoms with Crippen molar-refractivity contribution in [3.63, 3.8) is 0 Å². The number of ether oxygens (including phenoxy) is 4. The quantitative estimate of drug-likeness (QED) is 0.651. The minimum atomic E-state index is -0.443. The average molecular weight is 310 g/mol. The summed E-state index contributed by atoms with van der Waals surface area (Å²) in [5, 5.41) is 8.84. The van der Waals surface area contributed by atoms with Gasteiger partial charge in [0.25, 0.3) is 0 Å². The Morgan fingerprint density at radius 1 is 0.773 bits per heavy atom. The first kappa shape index (κ1) is 16.6. The van der Waals surface area contributed by atoms with Gasteiger partial charge in [0.05, 0.1) is 13.1 Å². The van der Waals surface area contributed by atoms with E-state index in [2.05, 4.69) is 10.2 Å². The third kappa shape index (κ3) is 3.92. The maximum atomic E-state index is 5.17. The molecule has 0 atom stereocenters. The highest BCUT2D eigenvalue weighted by Gasteiger charge is 2.13. The Hall–Kier alpha value is -1.74. The summed E-state index contributed by atoms with van der Waals surface area (Å²) in [6, 6.07) is 3.75. The highest BCUT2D eigenvalue weighted by atomic mass is 16.7. The van der Waals surface area contributed by atoms with Crippen molar-refractivity contribution in [3.8, 4) is 0 Å². The van der Waals surface area contributed by atoms with Gasteiger partial charge in [-0.15, -0.1) is 0 Å². The fourth-order valence-corrected chi connectivity index (χ4v) is 2.14. The second-order valence-corrected chi connectivity index (χ2v) is 4.61. The Morgan fingerprint density at radius 3 is 1.45 bits per heavy atom. The normalized spacial score (nSPS) is 11.7. The fourth-order valence-electron chi connectivity index (χ4n) is 2.14. The number of hydrogen-bond donors (Lipinski definition) is 0. The second-order valence-electron chi connectivity index (χ2n) is 4.61. The fraction of sp³-hybridized carbons (Fsp3) is 0.571. The van der Waals surface area contributed by atoms with Gasteiger partial charge in [-0.3, -0.25) is 9.36 Å². The standard InChI is InChI=1S/C14H22N4O4/c1-19-13(20-2)11-5-7-17(15-11)9-10-18-8-6-12(16-18)14(21-3)22-4/h5-8,13-14H,9-10H2,1-4H3. The van der Waals surface area contributed by atoms with E-state index >= 15 is 0 Å². The summed E-state index contributed by atoms with van der Waals surface area (Å²) in [5.41, 5.74) is 1.48. The Balaban J connectivity index is 1.93. The number of methoxy groups -OCH3 is 4. The molecule has 2 aromatic heterocycles.